The maximum atomic E-state index is 10.7. The van der Waals surface area contributed by atoms with Crippen molar-refractivity contribution in [3.05, 3.63) is 44.0 Å². The molecule has 0 amide bonds. The molecule has 0 heterocycles. The molecule has 1 rings (SSSR count). The molecular weight excluding hydrogens is 220 g/mol. The first-order valence-corrected chi connectivity index (χ1v) is 5.37. The number of rotatable bonds is 4. The first-order valence-electron chi connectivity index (χ1n) is 3.97. The summed E-state index contributed by atoms with van der Waals surface area (Å²) in [5.41, 5.74) is -0.481. The first-order chi connectivity index (χ1) is 7.07. The van der Waals surface area contributed by atoms with Crippen molar-refractivity contribution in [2.24, 2.45) is 0 Å². The van der Waals surface area contributed by atoms with Crippen LogP contribution in [-0.2, 0) is 5.75 Å². The molecule has 15 heavy (non-hydrogen) atoms. The predicted molar refractivity (Wildman–Crippen MR) is 57.0 cm³/mol. The van der Waals surface area contributed by atoms with Gasteiger partial charge in [-0.25, -0.2) is 0 Å². The first kappa shape index (κ1) is 11.4. The SMILES string of the molecule is CSCc1cccc([N+](=O)[O-])c1[N+](=O)[O-]. The smallest absolute Gasteiger partial charge is 0.258 e. The van der Waals surface area contributed by atoms with Crippen molar-refractivity contribution in [3.63, 3.8) is 0 Å². The number of thioether (sulfide) groups is 1. The van der Waals surface area contributed by atoms with Gasteiger partial charge in [-0.2, -0.15) is 11.8 Å². The third kappa shape index (κ3) is 2.44. The van der Waals surface area contributed by atoms with E-state index in [1.54, 1.807) is 6.26 Å². The molecular formula is C8H8N2O4S. The Morgan fingerprint density at radius 1 is 1.27 bits per heavy atom. The summed E-state index contributed by atoms with van der Waals surface area (Å²) in [5, 5.41) is 21.3. The van der Waals surface area contributed by atoms with E-state index in [2.05, 4.69) is 0 Å². The van der Waals surface area contributed by atoms with Gasteiger partial charge < -0.3 is 0 Å². The summed E-state index contributed by atoms with van der Waals surface area (Å²) < 4.78 is 0. The van der Waals surface area contributed by atoms with Crippen molar-refractivity contribution in [3.8, 4) is 0 Å². The Morgan fingerprint density at radius 3 is 2.40 bits per heavy atom. The Kier molecular flexibility index (Phi) is 3.62. The standard InChI is InChI=1S/C8H8N2O4S/c1-15-5-6-3-2-4-7(9(11)12)8(6)10(13)14/h2-4H,5H2,1H3. The van der Waals surface area contributed by atoms with Gasteiger partial charge in [0.2, 0.25) is 0 Å². The zero-order valence-corrected chi connectivity index (χ0v) is 8.69. The van der Waals surface area contributed by atoms with Crippen molar-refractivity contribution in [1.29, 1.82) is 0 Å². The van der Waals surface area contributed by atoms with E-state index in [9.17, 15) is 20.2 Å². The quantitative estimate of drug-likeness (QED) is 0.583. The molecule has 6 nitrogen and oxygen atoms in total. The molecule has 0 saturated carbocycles. The van der Waals surface area contributed by atoms with Crippen LogP contribution >= 0.6 is 11.8 Å². The van der Waals surface area contributed by atoms with Gasteiger partial charge in [-0.1, -0.05) is 12.1 Å². The molecule has 1 aromatic rings. The number of benzene rings is 1. The van der Waals surface area contributed by atoms with Gasteiger partial charge in [-0.15, -0.1) is 0 Å². The van der Waals surface area contributed by atoms with Crippen LogP contribution in [0.3, 0.4) is 0 Å². The van der Waals surface area contributed by atoms with E-state index in [1.807, 2.05) is 0 Å². The molecule has 0 N–H and O–H groups in total. The van der Waals surface area contributed by atoms with E-state index in [1.165, 1.54) is 23.9 Å². The molecule has 0 fully saturated rings. The number of para-hydroxylation sites is 1. The molecule has 0 aromatic heterocycles. The van der Waals surface area contributed by atoms with Crippen LogP contribution in [0.5, 0.6) is 0 Å². The number of hydrogen-bond donors (Lipinski definition) is 0. The summed E-state index contributed by atoms with van der Waals surface area (Å²) in [4.78, 5) is 19.9. The molecule has 0 spiro atoms. The lowest BCUT2D eigenvalue weighted by Crippen LogP contribution is -2.00. The van der Waals surface area contributed by atoms with E-state index in [0.29, 0.717) is 11.3 Å². The van der Waals surface area contributed by atoms with Gasteiger partial charge in [0, 0.05) is 17.4 Å². The van der Waals surface area contributed by atoms with Crippen LogP contribution in [0.1, 0.15) is 5.56 Å². The minimum atomic E-state index is -0.734. The summed E-state index contributed by atoms with van der Waals surface area (Å²) in [6, 6.07) is 4.13. The number of nitro benzene ring substituents is 2. The summed E-state index contributed by atoms with van der Waals surface area (Å²) in [5.74, 6) is 0.387. The number of hydrogen-bond acceptors (Lipinski definition) is 5. The van der Waals surface area contributed by atoms with Crippen molar-refractivity contribution in [1.82, 2.24) is 0 Å². The average molecular weight is 228 g/mol. The van der Waals surface area contributed by atoms with Gasteiger partial charge in [0.15, 0.2) is 0 Å². The van der Waals surface area contributed by atoms with Crippen LogP contribution in [-0.4, -0.2) is 16.1 Å². The Morgan fingerprint density at radius 2 is 1.93 bits per heavy atom. The highest BCUT2D eigenvalue weighted by Crippen LogP contribution is 2.32. The minimum Gasteiger partial charge on any atom is -0.258 e. The van der Waals surface area contributed by atoms with Crippen LogP contribution in [0, 0.1) is 20.2 Å². The lowest BCUT2D eigenvalue weighted by Gasteiger charge is -2.00. The van der Waals surface area contributed by atoms with E-state index in [0.717, 1.165) is 6.07 Å². The summed E-state index contributed by atoms with van der Waals surface area (Å²) in [7, 11) is 0. The molecule has 0 radical (unpaired) electrons. The largest absolute Gasteiger partial charge is 0.350 e. The number of nitro groups is 2. The summed E-state index contributed by atoms with van der Waals surface area (Å²) >= 11 is 1.38. The van der Waals surface area contributed by atoms with E-state index < -0.39 is 21.2 Å². The summed E-state index contributed by atoms with van der Waals surface area (Å²) in [6.07, 6.45) is 1.78. The lowest BCUT2D eigenvalue weighted by atomic mass is 10.2. The van der Waals surface area contributed by atoms with Crippen LogP contribution < -0.4 is 0 Å². The minimum absolute atomic E-state index is 0.377. The monoisotopic (exact) mass is 228 g/mol. The molecule has 1 aromatic carbocycles. The molecule has 0 aliphatic rings. The van der Waals surface area contributed by atoms with Gasteiger partial charge in [0.05, 0.1) is 9.85 Å². The fraction of sp³-hybridized carbons (Fsp3) is 0.250. The second kappa shape index (κ2) is 4.74. The molecule has 0 aliphatic carbocycles. The van der Waals surface area contributed by atoms with Gasteiger partial charge in [-0.3, -0.25) is 20.2 Å². The predicted octanol–water partition coefficient (Wildman–Crippen LogP) is 2.37. The van der Waals surface area contributed by atoms with Gasteiger partial charge in [0.1, 0.15) is 0 Å². The van der Waals surface area contributed by atoms with Crippen LogP contribution in [0.4, 0.5) is 11.4 Å². The number of nitrogens with zero attached hydrogens (tertiary/aromatic N) is 2. The van der Waals surface area contributed by atoms with Crippen molar-refractivity contribution in [2.75, 3.05) is 6.26 Å². The van der Waals surface area contributed by atoms with E-state index in [4.69, 9.17) is 0 Å². The molecule has 0 atom stereocenters. The highest BCUT2D eigenvalue weighted by molar-refractivity contribution is 7.97. The fourth-order valence-corrected chi connectivity index (χ4v) is 1.75. The topological polar surface area (TPSA) is 86.3 Å². The average Bonchev–Trinajstić information content (AvgIpc) is 2.17. The Labute approximate surface area is 89.6 Å². The second-order valence-corrected chi connectivity index (χ2v) is 3.60. The highest BCUT2D eigenvalue weighted by atomic mass is 32.2. The van der Waals surface area contributed by atoms with Crippen LogP contribution in [0.15, 0.2) is 18.2 Å². The fourth-order valence-electron chi connectivity index (χ4n) is 1.21. The molecule has 0 unspecified atom stereocenters. The zero-order chi connectivity index (χ0) is 11.4. The summed E-state index contributed by atoms with van der Waals surface area (Å²) in [6.45, 7) is 0. The zero-order valence-electron chi connectivity index (χ0n) is 7.87. The van der Waals surface area contributed by atoms with Crippen molar-refractivity contribution in [2.45, 2.75) is 5.75 Å². The van der Waals surface area contributed by atoms with E-state index in [-0.39, 0.29) is 0 Å². The van der Waals surface area contributed by atoms with Gasteiger partial charge in [-0.05, 0) is 6.26 Å². The van der Waals surface area contributed by atoms with Crippen LogP contribution in [0.2, 0.25) is 0 Å². The van der Waals surface area contributed by atoms with Gasteiger partial charge >= 0.3 is 11.4 Å². The highest BCUT2D eigenvalue weighted by Gasteiger charge is 2.27. The molecule has 80 valence electrons. The van der Waals surface area contributed by atoms with Crippen molar-refractivity contribution < 1.29 is 9.85 Å². The Hall–Kier alpha value is -1.63. The normalized spacial score (nSPS) is 9.93. The lowest BCUT2D eigenvalue weighted by molar-refractivity contribution is -0.422. The Balaban J connectivity index is 3.34. The maximum absolute atomic E-state index is 10.7. The molecule has 0 saturated heterocycles. The molecule has 7 heteroatoms. The van der Waals surface area contributed by atoms with Gasteiger partial charge in [0.25, 0.3) is 0 Å². The molecule has 0 bridgehead atoms. The van der Waals surface area contributed by atoms with E-state index >= 15 is 0 Å². The van der Waals surface area contributed by atoms with Crippen molar-refractivity contribution >= 4 is 23.1 Å². The third-order valence-corrected chi connectivity index (χ3v) is 2.38. The second-order valence-electron chi connectivity index (χ2n) is 2.73. The third-order valence-electron chi connectivity index (χ3n) is 1.78. The Bertz CT molecular complexity index is 408. The maximum Gasteiger partial charge on any atom is 0.350 e. The van der Waals surface area contributed by atoms with Crippen LogP contribution in [0.25, 0.3) is 0 Å². The molecule has 0 aliphatic heterocycles.